The topological polar surface area (TPSA) is 67.2 Å². The van der Waals surface area contributed by atoms with Crippen molar-refractivity contribution in [3.63, 3.8) is 0 Å². The van der Waals surface area contributed by atoms with Gasteiger partial charge in [-0.2, -0.15) is 0 Å². The van der Waals surface area contributed by atoms with Crippen LogP contribution in [0.15, 0.2) is 53.1 Å². The average molecular weight is 375 g/mol. The molecule has 5 nitrogen and oxygen atoms in total. The second-order valence-corrected chi connectivity index (χ2v) is 7.31. The highest BCUT2D eigenvalue weighted by atomic mass is 16.5. The third-order valence-electron chi connectivity index (χ3n) is 5.22. The Morgan fingerprint density at radius 3 is 2.68 bits per heavy atom. The maximum Gasteiger partial charge on any atom is 0.253 e. The van der Waals surface area contributed by atoms with Gasteiger partial charge in [0.2, 0.25) is 0 Å². The van der Waals surface area contributed by atoms with E-state index in [0.717, 1.165) is 35.5 Å². The molecule has 1 aliphatic rings. The molecule has 0 radical (unpaired) electrons. The minimum Gasteiger partial charge on any atom is -0.379 e. The fourth-order valence-electron chi connectivity index (χ4n) is 3.59. The number of carbonyl (C=O) groups is 1. The summed E-state index contributed by atoms with van der Waals surface area (Å²) in [5, 5.41) is 10.6. The molecule has 2 aromatic carbocycles. The van der Waals surface area contributed by atoms with Crippen molar-refractivity contribution < 1.29 is 9.32 Å². The number of fused-ring (bicyclic) bond motifs is 1. The molecule has 144 valence electrons. The lowest BCUT2D eigenvalue weighted by Crippen LogP contribution is -2.24. The SMILES string of the molecule is Cc1ccc(CNC(=O)c2ccccc2NCc2noc3c2CCCC3)cc1. The van der Waals surface area contributed by atoms with Crippen LogP contribution in [0.25, 0.3) is 0 Å². The number of amides is 1. The Balaban J connectivity index is 1.42. The summed E-state index contributed by atoms with van der Waals surface area (Å²) in [4.78, 5) is 12.7. The van der Waals surface area contributed by atoms with Gasteiger partial charge in [-0.15, -0.1) is 0 Å². The second-order valence-electron chi connectivity index (χ2n) is 7.31. The maximum absolute atomic E-state index is 12.7. The predicted molar refractivity (Wildman–Crippen MR) is 109 cm³/mol. The Bertz CT molecular complexity index is 960. The van der Waals surface area contributed by atoms with Gasteiger partial charge in [0.1, 0.15) is 11.5 Å². The molecule has 1 aliphatic carbocycles. The van der Waals surface area contributed by atoms with Gasteiger partial charge in [0.05, 0.1) is 12.1 Å². The van der Waals surface area contributed by atoms with E-state index >= 15 is 0 Å². The van der Waals surface area contributed by atoms with Gasteiger partial charge in [-0.25, -0.2) is 0 Å². The van der Waals surface area contributed by atoms with Gasteiger partial charge in [-0.3, -0.25) is 4.79 Å². The molecule has 3 aromatic rings. The Morgan fingerprint density at radius 1 is 1.04 bits per heavy atom. The third kappa shape index (κ3) is 4.09. The number of hydrogen-bond donors (Lipinski definition) is 2. The van der Waals surface area contributed by atoms with Crippen LogP contribution in [0.3, 0.4) is 0 Å². The van der Waals surface area contributed by atoms with E-state index in [9.17, 15) is 4.79 Å². The van der Waals surface area contributed by atoms with Crippen LogP contribution >= 0.6 is 0 Å². The molecule has 1 aromatic heterocycles. The maximum atomic E-state index is 12.7. The molecule has 0 saturated heterocycles. The van der Waals surface area contributed by atoms with Crippen LogP contribution in [-0.4, -0.2) is 11.1 Å². The molecule has 1 heterocycles. The summed E-state index contributed by atoms with van der Waals surface area (Å²) in [5.74, 6) is 0.929. The Kier molecular flexibility index (Phi) is 5.42. The van der Waals surface area contributed by atoms with E-state index in [0.29, 0.717) is 18.7 Å². The number of benzene rings is 2. The molecular formula is C23H25N3O2. The van der Waals surface area contributed by atoms with Crippen molar-refractivity contribution in [2.45, 2.75) is 45.7 Å². The summed E-state index contributed by atoms with van der Waals surface area (Å²) >= 11 is 0. The summed E-state index contributed by atoms with van der Waals surface area (Å²) in [5.41, 5.74) is 5.91. The van der Waals surface area contributed by atoms with Crippen LogP contribution in [0.4, 0.5) is 5.69 Å². The summed E-state index contributed by atoms with van der Waals surface area (Å²) in [6.45, 7) is 3.11. The number of rotatable bonds is 6. The molecule has 0 spiro atoms. The normalized spacial score (nSPS) is 13.0. The average Bonchev–Trinajstić information content (AvgIpc) is 3.15. The first-order valence-electron chi connectivity index (χ1n) is 9.83. The summed E-state index contributed by atoms with van der Waals surface area (Å²) in [6, 6.07) is 15.7. The lowest BCUT2D eigenvalue weighted by atomic mass is 9.96. The molecule has 0 fully saturated rings. The lowest BCUT2D eigenvalue weighted by molar-refractivity contribution is 0.0951. The number of nitrogens with zero attached hydrogens (tertiary/aromatic N) is 1. The van der Waals surface area contributed by atoms with E-state index in [1.54, 1.807) is 0 Å². The summed E-state index contributed by atoms with van der Waals surface area (Å²) < 4.78 is 5.48. The van der Waals surface area contributed by atoms with Gasteiger partial charge < -0.3 is 15.2 Å². The highest BCUT2D eigenvalue weighted by molar-refractivity contribution is 5.99. The van der Waals surface area contributed by atoms with Crippen LogP contribution in [0.1, 0.15) is 51.3 Å². The number of nitrogens with one attached hydrogen (secondary N) is 2. The van der Waals surface area contributed by atoms with E-state index in [1.807, 2.05) is 36.4 Å². The smallest absolute Gasteiger partial charge is 0.253 e. The first kappa shape index (κ1) is 18.3. The number of carbonyl (C=O) groups excluding carboxylic acids is 1. The van der Waals surface area contributed by atoms with E-state index in [4.69, 9.17) is 4.52 Å². The van der Waals surface area contributed by atoms with Gasteiger partial charge in [0, 0.05) is 24.2 Å². The third-order valence-corrected chi connectivity index (χ3v) is 5.22. The molecule has 0 bridgehead atoms. The number of anilines is 1. The Labute approximate surface area is 165 Å². The van der Waals surface area contributed by atoms with Crippen LogP contribution in [-0.2, 0) is 25.9 Å². The molecule has 28 heavy (non-hydrogen) atoms. The summed E-state index contributed by atoms with van der Waals surface area (Å²) in [6.07, 6.45) is 4.34. The zero-order valence-electron chi connectivity index (χ0n) is 16.1. The van der Waals surface area contributed by atoms with E-state index in [2.05, 4.69) is 34.8 Å². The van der Waals surface area contributed by atoms with Crippen molar-refractivity contribution >= 4 is 11.6 Å². The van der Waals surface area contributed by atoms with Crippen molar-refractivity contribution in [2.24, 2.45) is 0 Å². The summed E-state index contributed by atoms with van der Waals surface area (Å²) in [7, 11) is 0. The van der Waals surface area contributed by atoms with Gasteiger partial charge in [-0.1, -0.05) is 47.1 Å². The van der Waals surface area contributed by atoms with Gasteiger partial charge >= 0.3 is 0 Å². The first-order valence-corrected chi connectivity index (χ1v) is 9.83. The van der Waals surface area contributed by atoms with E-state index < -0.39 is 0 Å². The molecule has 0 unspecified atom stereocenters. The molecule has 0 atom stereocenters. The lowest BCUT2D eigenvalue weighted by Gasteiger charge is -2.13. The van der Waals surface area contributed by atoms with Crippen LogP contribution in [0.2, 0.25) is 0 Å². The standard InChI is InChI=1S/C23H25N3O2/c1-16-10-12-17(13-11-16)14-25-23(27)19-7-2-4-8-20(19)24-15-21-18-6-3-5-9-22(18)28-26-21/h2,4,7-8,10-13,24H,3,5-6,9,14-15H2,1H3,(H,25,27). The van der Waals surface area contributed by atoms with Crippen molar-refractivity contribution in [3.05, 3.63) is 82.2 Å². The van der Waals surface area contributed by atoms with E-state index in [-0.39, 0.29) is 5.91 Å². The number of aromatic nitrogens is 1. The van der Waals surface area contributed by atoms with Crippen molar-refractivity contribution in [1.82, 2.24) is 10.5 Å². The minimum absolute atomic E-state index is 0.0918. The molecule has 5 heteroatoms. The highest BCUT2D eigenvalue weighted by Gasteiger charge is 2.19. The predicted octanol–water partition coefficient (Wildman–Crippen LogP) is 4.40. The molecule has 0 aliphatic heterocycles. The zero-order valence-corrected chi connectivity index (χ0v) is 16.1. The van der Waals surface area contributed by atoms with Crippen LogP contribution in [0.5, 0.6) is 0 Å². The molecule has 2 N–H and O–H groups in total. The molecule has 1 amide bonds. The quantitative estimate of drug-likeness (QED) is 0.670. The van der Waals surface area contributed by atoms with Gasteiger partial charge in [-0.05, 0) is 43.9 Å². The monoisotopic (exact) mass is 375 g/mol. The van der Waals surface area contributed by atoms with Gasteiger partial charge in [0.15, 0.2) is 0 Å². The van der Waals surface area contributed by atoms with Crippen molar-refractivity contribution in [1.29, 1.82) is 0 Å². The Hall–Kier alpha value is -3.08. The van der Waals surface area contributed by atoms with Crippen molar-refractivity contribution in [3.8, 4) is 0 Å². The molecule has 0 saturated carbocycles. The number of hydrogen-bond acceptors (Lipinski definition) is 4. The minimum atomic E-state index is -0.0918. The zero-order chi connectivity index (χ0) is 19.3. The molecular weight excluding hydrogens is 350 g/mol. The Morgan fingerprint density at radius 2 is 1.82 bits per heavy atom. The highest BCUT2D eigenvalue weighted by Crippen LogP contribution is 2.25. The number of para-hydroxylation sites is 1. The van der Waals surface area contributed by atoms with Crippen LogP contribution < -0.4 is 10.6 Å². The molecule has 4 rings (SSSR count). The van der Waals surface area contributed by atoms with Crippen LogP contribution in [0, 0.1) is 6.92 Å². The second kappa shape index (κ2) is 8.30. The van der Waals surface area contributed by atoms with E-state index in [1.165, 1.54) is 24.0 Å². The first-order chi connectivity index (χ1) is 13.7. The fraction of sp³-hybridized carbons (Fsp3) is 0.304. The fourth-order valence-corrected chi connectivity index (χ4v) is 3.59. The number of aryl methyl sites for hydroxylation is 2. The largest absolute Gasteiger partial charge is 0.379 e. The van der Waals surface area contributed by atoms with Gasteiger partial charge in [0.25, 0.3) is 5.91 Å². The van der Waals surface area contributed by atoms with Crippen molar-refractivity contribution in [2.75, 3.05) is 5.32 Å².